The molecule has 2 unspecified atom stereocenters. The van der Waals surface area contributed by atoms with Gasteiger partial charge in [-0.3, -0.25) is 0 Å². The standard InChI is InChI=1S/C18H28N2O/c1-3-20(17-12-15-6-7-16(13-17)19-15)11-10-14-4-8-18(21-2)9-5-14/h4-5,8-9,15-17,19H,3,6-7,10-13H2,1-2H3. The normalized spacial score (nSPS) is 28.0. The van der Waals surface area contributed by atoms with Gasteiger partial charge in [0.1, 0.15) is 5.75 Å². The minimum absolute atomic E-state index is 0.781. The van der Waals surface area contributed by atoms with Crippen LogP contribution in [0.1, 0.15) is 38.2 Å². The van der Waals surface area contributed by atoms with Crippen molar-refractivity contribution in [2.24, 2.45) is 0 Å². The van der Waals surface area contributed by atoms with Crippen LogP contribution in [0.15, 0.2) is 24.3 Å². The molecule has 0 spiro atoms. The van der Waals surface area contributed by atoms with Crippen LogP contribution < -0.4 is 10.1 Å². The van der Waals surface area contributed by atoms with Gasteiger partial charge in [-0.15, -0.1) is 0 Å². The molecule has 0 aromatic heterocycles. The lowest BCUT2D eigenvalue weighted by Gasteiger charge is -2.37. The highest BCUT2D eigenvalue weighted by Gasteiger charge is 2.35. The number of methoxy groups -OCH3 is 1. The number of hydrogen-bond acceptors (Lipinski definition) is 3. The van der Waals surface area contributed by atoms with Crippen LogP contribution in [0.25, 0.3) is 0 Å². The first-order valence-electron chi connectivity index (χ1n) is 8.41. The summed E-state index contributed by atoms with van der Waals surface area (Å²) in [5.41, 5.74) is 1.41. The molecule has 3 heteroatoms. The molecule has 0 aliphatic carbocycles. The van der Waals surface area contributed by atoms with Crippen molar-refractivity contribution in [1.29, 1.82) is 0 Å². The molecule has 0 amide bonds. The van der Waals surface area contributed by atoms with Crippen molar-refractivity contribution in [1.82, 2.24) is 10.2 Å². The lowest BCUT2D eigenvalue weighted by Crippen LogP contribution is -2.48. The van der Waals surface area contributed by atoms with Crippen molar-refractivity contribution >= 4 is 0 Å². The van der Waals surface area contributed by atoms with E-state index >= 15 is 0 Å². The van der Waals surface area contributed by atoms with Crippen LogP contribution >= 0.6 is 0 Å². The summed E-state index contributed by atoms with van der Waals surface area (Å²) in [5.74, 6) is 0.945. The van der Waals surface area contributed by atoms with E-state index in [4.69, 9.17) is 4.74 Å². The van der Waals surface area contributed by atoms with Crippen molar-refractivity contribution in [3.63, 3.8) is 0 Å². The lowest BCUT2D eigenvalue weighted by molar-refractivity contribution is 0.149. The van der Waals surface area contributed by atoms with E-state index in [1.165, 1.54) is 44.3 Å². The van der Waals surface area contributed by atoms with Crippen LogP contribution in [-0.2, 0) is 6.42 Å². The summed E-state index contributed by atoms with van der Waals surface area (Å²) >= 11 is 0. The molecule has 2 atom stereocenters. The number of nitrogens with zero attached hydrogens (tertiary/aromatic N) is 1. The molecule has 1 aromatic rings. The minimum Gasteiger partial charge on any atom is -0.497 e. The second-order valence-corrected chi connectivity index (χ2v) is 6.49. The van der Waals surface area contributed by atoms with Crippen LogP contribution in [-0.4, -0.2) is 43.2 Å². The quantitative estimate of drug-likeness (QED) is 0.871. The number of hydrogen-bond donors (Lipinski definition) is 1. The number of ether oxygens (including phenoxy) is 1. The Hall–Kier alpha value is -1.06. The molecule has 2 saturated heterocycles. The predicted octanol–water partition coefficient (Wildman–Crippen LogP) is 2.84. The molecule has 1 aromatic carbocycles. The first-order chi connectivity index (χ1) is 10.3. The second-order valence-electron chi connectivity index (χ2n) is 6.49. The Labute approximate surface area is 128 Å². The maximum atomic E-state index is 5.22. The second kappa shape index (κ2) is 6.80. The third kappa shape index (κ3) is 3.58. The monoisotopic (exact) mass is 288 g/mol. The van der Waals surface area contributed by atoms with E-state index in [9.17, 15) is 0 Å². The van der Waals surface area contributed by atoms with Crippen molar-refractivity contribution in [3.8, 4) is 5.75 Å². The molecule has 3 rings (SSSR count). The SMILES string of the molecule is CCN(CCc1ccc(OC)cc1)C1CC2CCC(C1)N2. The first kappa shape index (κ1) is 14.9. The highest BCUT2D eigenvalue weighted by Crippen LogP contribution is 2.29. The molecule has 1 N–H and O–H groups in total. The number of fused-ring (bicyclic) bond motifs is 2. The molecular formula is C18H28N2O. The van der Waals surface area contributed by atoms with E-state index in [1.807, 2.05) is 0 Å². The van der Waals surface area contributed by atoms with Gasteiger partial charge >= 0.3 is 0 Å². The fraction of sp³-hybridized carbons (Fsp3) is 0.667. The van der Waals surface area contributed by atoms with Gasteiger partial charge in [0.15, 0.2) is 0 Å². The maximum absolute atomic E-state index is 5.22. The molecule has 0 radical (unpaired) electrons. The largest absolute Gasteiger partial charge is 0.497 e. The van der Waals surface area contributed by atoms with Gasteiger partial charge < -0.3 is 15.0 Å². The Morgan fingerprint density at radius 3 is 2.38 bits per heavy atom. The van der Waals surface area contributed by atoms with E-state index in [0.717, 1.165) is 30.3 Å². The highest BCUT2D eigenvalue weighted by atomic mass is 16.5. The van der Waals surface area contributed by atoms with Gasteiger partial charge in [0, 0.05) is 24.7 Å². The van der Waals surface area contributed by atoms with Crippen LogP contribution in [0.3, 0.4) is 0 Å². The smallest absolute Gasteiger partial charge is 0.118 e. The number of likely N-dealkylation sites (N-methyl/N-ethyl adjacent to an activating group) is 1. The van der Waals surface area contributed by atoms with Crippen LogP contribution in [0.2, 0.25) is 0 Å². The third-order valence-electron chi connectivity index (χ3n) is 5.22. The third-order valence-corrected chi connectivity index (χ3v) is 5.22. The number of nitrogens with one attached hydrogen (secondary N) is 1. The summed E-state index contributed by atoms with van der Waals surface area (Å²) in [6.45, 7) is 4.64. The molecule has 2 aliphatic rings. The first-order valence-corrected chi connectivity index (χ1v) is 8.41. The molecule has 2 heterocycles. The molecule has 3 nitrogen and oxygen atoms in total. The average molecular weight is 288 g/mol. The van der Waals surface area contributed by atoms with Gasteiger partial charge in [-0.1, -0.05) is 19.1 Å². The fourth-order valence-electron chi connectivity index (χ4n) is 3.99. The molecule has 0 saturated carbocycles. The Morgan fingerprint density at radius 2 is 1.81 bits per heavy atom. The van der Waals surface area contributed by atoms with Crippen molar-refractivity contribution < 1.29 is 4.74 Å². The van der Waals surface area contributed by atoms with Crippen LogP contribution in [0.4, 0.5) is 0 Å². The average Bonchev–Trinajstić information content (AvgIpc) is 2.87. The molecule has 116 valence electrons. The summed E-state index contributed by atoms with van der Waals surface area (Å²) in [6.07, 6.45) is 6.59. The number of benzene rings is 1. The highest BCUT2D eigenvalue weighted by molar-refractivity contribution is 5.27. The Balaban J connectivity index is 1.54. The van der Waals surface area contributed by atoms with E-state index in [1.54, 1.807) is 7.11 Å². The maximum Gasteiger partial charge on any atom is 0.118 e. The summed E-state index contributed by atoms with van der Waals surface area (Å²) in [6, 6.07) is 10.9. The number of piperidine rings is 1. The van der Waals surface area contributed by atoms with E-state index in [0.29, 0.717) is 0 Å². The van der Waals surface area contributed by atoms with Crippen LogP contribution in [0, 0.1) is 0 Å². The van der Waals surface area contributed by atoms with Gasteiger partial charge in [-0.2, -0.15) is 0 Å². The Bertz CT molecular complexity index is 433. The lowest BCUT2D eigenvalue weighted by atomic mass is 9.97. The topological polar surface area (TPSA) is 24.5 Å². The Morgan fingerprint density at radius 1 is 1.14 bits per heavy atom. The van der Waals surface area contributed by atoms with E-state index < -0.39 is 0 Å². The zero-order valence-corrected chi connectivity index (χ0v) is 13.3. The van der Waals surface area contributed by atoms with Gasteiger partial charge in [0.2, 0.25) is 0 Å². The zero-order valence-electron chi connectivity index (χ0n) is 13.3. The van der Waals surface area contributed by atoms with Crippen molar-refractivity contribution in [2.75, 3.05) is 20.2 Å². The predicted molar refractivity (Wildman–Crippen MR) is 86.9 cm³/mol. The summed E-state index contributed by atoms with van der Waals surface area (Å²) in [4.78, 5) is 2.69. The molecule has 2 fully saturated rings. The minimum atomic E-state index is 0.781. The van der Waals surface area contributed by atoms with Crippen molar-refractivity contribution in [2.45, 2.75) is 57.2 Å². The summed E-state index contributed by atoms with van der Waals surface area (Å²) in [5, 5.41) is 3.75. The molecular weight excluding hydrogens is 260 g/mol. The fourth-order valence-corrected chi connectivity index (χ4v) is 3.99. The molecule has 2 aliphatic heterocycles. The van der Waals surface area contributed by atoms with Crippen molar-refractivity contribution in [3.05, 3.63) is 29.8 Å². The van der Waals surface area contributed by atoms with Gasteiger partial charge in [0.25, 0.3) is 0 Å². The van der Waals surface area contributed by atoms with Gasteiger partial charge in [-0.05, 0) is 56.3 Å². The van der Waals surface area contributed by atoms with Crippen LogP contribution in [0.5, 0.6) is 5.75 Å². The molecule has 21 heavy (non-hydrogen) atoms. The zero-order chi connectivity index (χ0) is 14.7. The summed E-state index contributed by atoms with van der Waals surface area (Å²) < 4.78 is 5.22. The van der Waals surface area contributed by atoms with E-state index in [-0.39, 0.29) is 0 Å². The van der Waals surface area contributed by atoms with Gasteiger partial charge in [0.05, 0.1) is 7.11 Å². The molecule has 2 bridgehead atoms. The van der Waals surface area contributed by atoms with Gasteiger partial charge in [-0.25, -0.2) is 0 Å². The Kier molecular flexibility index (Phi) is 4.81. The summed E-state index contributed by atoms with van der Waals surface area (Å²) in [7, 11) is 1.72. The van der Waals surface area contributed by atoms with E-state index in [2.05, 4.69) is 41.4 Å². The number of rotatable bonds is 6.